The highest BCUT2D eigenvalue weighted by atomic mass is 16.5. The van der Waals surface area contributed by atoms with Crippen LogP contribution in [0.1, 0.15) is 25.8 Å². The minimum atomic E-state index is -0.353. The largest absolute Gasteiger partial charge is 0.494 e. The third-order valence-electron chi connectivity index (χ3n) is 2.91. The van der Waals surface area contributed by atoms with Gasteiger partial charge in [-0.25, -0.2) is 4.79 Å². The van der Waals surface area contributed by atoms with Crippen LogP contribution in [0.5, 0.6) is 5.75 Å². The highest BCUT2D eigenvalue weighted by molar-refractivity contribution is 6.13. The minimum Gasteiger partial charge on any atom is -0.494 e. The average Bonchev–Trinajstić information content (AvgIpc) is 2.69. The summed E-state index contributed by atoms with van der Waals surface area (Å²) in [6.07, 6.45) is 2.42. The molecule has 0 radical (unpaired) electrons. The van der Waals surface area contributed by atoms with Crippen molar-refractivity contribution < 1.29 is 14.3 Å². The quantitative estimate of drug-likeness (QED) is 0.662. The lowest BCUT2D eigenvalue weighted by atomic mass is 10.2. The molecule has 5 nitrogen and oxygen atoms in total. The van der Waals surface area contributed by atoms with Crippen LogP contribution < -0.4 is 10.1 Å². The maximum Gasteiger partial charge on any atom is 0.329 e. The molecule has 1 aliphatic rings. The van der Waals surface area contributed by atoms with E-state index in [0.717, 1.165) is 17.7 Å². The molecule has 1 heterocycles. The van der Waals surface area contributed by atoms with E-state index in [0.29, 0.717) is 18.8 Å². The summed E-state index contributed by atoms with van der Waals surface area (Å²) in [5.74, 6) is 0.509. The standard InChI is InChI=1S/C15H18N2O3/c1-3-9-17-14(18)13(16-15(17)19)10-11-5-7-12(8-6-11)20-4-2/h5-8,10H,3-4,9H2,1-2H3,(H,16,19)/b13-10+. The van der Waals surface area contributed by atoms with Crippen LogP contribution in [0, 0.1) is 0 Å². The van der Waals surface area contributed by atoms with Crippen molar-refractivity contribution in [1.82, 2.24) is 10.2 Å². The molecule has 0 atom stereocenters. The van der Waals surface area contributed by atoms with Crippen molar-refractivity contribution in [2.24, 2.45) is 0 Å². The molecule has 1 N–H and O–H groups in total. The second-order valence-electron chi connectivity index (χ2n) is 4.45. The molecule has 1 fully saturated rings. The number of hydrogen-bond donors (Lipinski definition) is 1. The molecule has 1 aromatic rings. The van der Waals surface area contributed by atoms with Gasteiger partial charge in [0.25, 0.3) is 5.91 Å². The van der Waals surface area contributed by atoms with Crippen LogP contribution in [-0.2, 0) is 4.79 Å². The summed E-state index contributed by atoms with van der Waals surface area (Å²) < 4.78 is 5.35. The molecule has 1 aromatic carbocycles. The van der Waals surface area contributed by atoms with Crippen molar-refractivity contribution in [3.63, 3.8) is 0 Å². The Morgan fingerprint density at radius 3 is 2.50 bits per heavy atom. The van der Waals surface area contributed by atoms with Gasteiger partial charge in [0.15, 0.2) is 0 Å². The molecule has 0 aromatic heterocycles. The van der Waals surface area contributed by atoms with Crippen LogP contribution >= 0.6 is 0 Å². The number of hydrogen-bond acceptors (Lipinski definition) is 3. The number of rotatable bonds is 5. The van der Waals surface area contributed by atoms with Crippen LogP contribution in [0.15, 0.2) is 30.0 Å². The molecule has 1 aliphatic heterocycles. The number of urea groups is 1. The summed E-state index contributed by atoms with van der Waals surface area (Å²) in [4.78, 5) is 24.9. The Hall–Kier alpha value is -2.30. The van der Waals surface area contributed by atoms with Gasteiger partial charge in [-0.1, -0.05) is 19.1 Å². The fourth-order valence-corrected chi connectivity index (χ4v) is 1.99. The van der Waals surface area contributed by atoms with E-state index >= 15 is 0 Å². The van der Waals surface area contributed by atoms with Gasteiger partial charge in [0, 0.05) is 6.54 Å². The molecule has 20 heavy (non-hydrogen) atoms. The Kier molecular flexibility index (Phi) is 4.40. The molecule has 0 spiro atoms. The zero-order valence-corrected chi connectivity index (χ0v) is 11.7. The second kappa shape index (κ2) is 6.23. The van der Waals surface area contributed by atoms with Gasteiger partial charge >= 0.3 is 6.03 Å². The van der Waals surface area contributed by atoms with Crippen molar-refractivity contribution >= 4 is 18.0 Å². The van der Waals surface area contributed by atoms with Gasteiger partial charge in [-0.3, -0.25) is 9.69 Å². The van der Waals surface area contributed by atoms with Crippen molar-refractivity contribution in [1.29, 1.82) is 0 Å². The Balaban J connectivity index is 2.15. The van der Waals surface area contributed by atoms with Gasteiger partial charge in [0.2, 0.25) is 0 Å². The third-order valence-corrected chi connectivity index (χ3v) is 2.91. The first-order chi connectivity index (χ1) is 9.65. The number of ether oxygens (including phenoxy) is 1. The highest BCUT2D eigenvalue weighted by Crippen LogP contribution is 2.17. The van der Waals surface area contributed by atoms with E-state index in [2.05, 4.69) is 5.32 Å². The first-order valence-electron chi connectivity index (χ1n) is 6.73. The zero-order valence-electron chi connectivity index (χ0n) is 11.7. The topological polar surface area (TPSA) is 58.6 Å². The van der Waals surface area contributed by atoms with Gasteiger partial charge < -0.3 is 10.1 Å². The van der Waals surface area contributed by atoms with Gasteiger partial charge in [-0.2, -0.15) is 0 Å². The normalized spacial score (nSPS) is 16.7. The maximum atomic E-state index is 12.0. The van der Waals surface area contributed by atoms with Gasteiger partial charge in [-0.15, -0.1) is 0 Å². The predicted octanol–water partition coefficient (Wildman–Crippen LogP) is 2.39. The Labute approximate surface area is 118 Å². The van der Waals surface area contributed by atoms with Crippen molar-refractivity contribution in [3.05, 3.63) is 35.5 Å². The van der Waals surface area contributed by atoms with Crippen molar-refractivity contribution in [3.8, 4) is 5.75 Å². The third kappa shape index (κ3) is 2.99. The second-order valence-corrected chi connectivity index (χ2v) is 4.45. The molecular formula is C15H18N2O3. The Bertz CT molecular complexity index is 535. The van der Waals surface area contributed by atoms with E-state index in [4.69, 9.17) is 4.74 Å². The van der Waals surface area contributed by atoms with E-state index in [-0.39, 0.29) is 11.9 Å². The van der Waals surface area contributed by atoms with Crippen molar-refractivity contribution in [2.45, 2.75) is 20.3 Å². The molecule has 0 unspecified atom stereocenters. The summed E-state index contributed by atoms with van der Waals surface area (Å²) in [7, 11) is 0. The summed E-state index contributed by atoms with van der Waals surface area (Å²) in [6, 6.07) is 7.01. The van der Waals surface area contributed by atoms with Gasteiger partial charge in [0.05, 0.1) is 6.61 Å². The number of benzene rings is 1. The Morgan fingerprint density at radius 1 is 1.20 bits per heavy atom. The lowest BCUT2D eigenvalue weighted by molar-refractivity contribution is -0.122. The van der Waals surface area contributed by atoms with Crippen LogP contribution in [0.2, 0.25) is 0 Å². The number of nitrogens with zero attached hydrogens (tertiary/aromatic N) is 1. The zero-order chi connectivity index (χ0) is 14.5. The number of amides is 3. The van der Waals surface area contributed by atoms with Crippen LogP contribution in [0.4, 0.5) is 4.79 Å². The summed E-state index contributed by atoms with van der Waals surface area (Å²) in [5.41, 5.74) is 1.16. The van der Waals surface area contributed by atoms with Crippen LogP contribution in [-0.4, -0.2) is 30.0 Å². The van der Waals surface area contributed by atoms with E-state index in [9.17, 15) is 9.59 Å². The first-order valence-corrected chi connectivity index (χ1v) is 6.73. The first kappa shape index (κ1) is 14.1. The highest BCUT2D eigenvalue weighted by Gasteiger charge is 2.32. The average molecular weight is 274 g/mol. The maximum absolute atomic E-state index is 12.0. The molecule has 0 saturated carbocycles. The summed E-state index contributed by atoms with van der Waals surface area (Å²) in [6.45, 7) is 4.89. The minimum absolute atomic E-state index is 0.272. The van der Waals surface area contributed by atoms with Crippen LogP contribution in [0.25, 0.3) is 6.08 Å². The van der Waals surface area contributed by atoms with Crippen molar-refractivity contribution in [2.75, 3.05) is 13.2 Å². The van der Waals surface area contributed by atoms with E-state index in [1.165, 1.54) is 4.90 Å². The summed E-state index contributed by atoms with van der Waals surface area (Å²) >= 11 is 0. The van der Waals surface area contributed by atoms with E-state index < -0.39 is 0 Å². The molecule has 0 bridgehead atoms. The number of carbonyl (C=O) groups excluding carboxylic acids is 2. The molecule has 3 amide bonds. The number of nitrogens with one attached hydrogen (secondary N) is 1. The molecule has 1 saturated heterocycles. The SMILES string of the molecule is CCCN1C(=O)N/C(=C/c2ccc(OCC)cc2)C1=O. The number of imide groups is 1. The smallest absolute Gasteiger partial charge is 0.329 e. The molecule has 5 heteroatoms. The molecule has 106 valence electrons. The molecule has 0 aliphatic carbocycles. The monoisotopic (exact) mass is 274 g/mol. The lowest BCUT2D eigenvalue weighted by Crippen LogP contribution is -2.31. The molecular weight excluding hydrogens is 256 g/mol. The van der Waals surface area contributed by atoms with E-state index in [1.807, 2.05) is 38.1 Å². The van der Waals surface area contributed by atoms with Crippen LogP contribution in [0.3, 0.4) is 0 Å². The van der Waals surface area contributed by atoms with E-state index in [1.54, 1.807) is 6.08 Å². The van der Waals surface area contributed by atoms with Gasteiger partial charge in [0.1, 0.15) is 11.4 Å². The lowest BCUT2D eigenvalue weighted by Gasteiger charge is -2.08. The fourth-order valence-electron chi connectivity index (χ4n) is 1.99. The Morgan fingerprint density at radius 2 is 1.90 bits per heavy atom. The number of carbonyl (C=O) groups is 2. The molecule has 2 rings (SSSR count). The predicted molar refractivity (Wildman–Crippen MR) is 76.1 cm³/mol. The van der Waals surface area contributed by atoms with Gasteiger partial charge in [-0.05, 0) is 37.1 Å². The summed E-state index contributed by atoms with van der Waals surface area (Å²) in [5, 5.41) is 2.59. The fraction of sp³-hybridized carbons (Fsp3) is 0.333.